The van der Waals surface area contributed by atoms with Crippen LogP contribution in [0.4, 0.5) is 8.78 Å². The van der Waals surface area contributed by atoms with Crippen LogP contribution in [0.1, 0.15) is 48.5 Å². The lowest BCUT2D eigenvalue weighted by atomic mass is 9.71. The number of hydrogen-bond donors (Lipinski definition) is 1. The van der Waals surface area contributed by atoms with Crippen LogP contribution in [-0.4, -0.2) is 24.2 Å². The number of alkyl halides is 2. The summed E-state index contributed by atoms with van der Waals surface area (Å²) in [7, 11) is -0.484. The molecular formula is C15H26BF2NO2. The van der Waals surface area contributed by atoms with E-state index in [9.17, 15) is 8.78 Å². The first-order chi connectivity index (χ1) is 9.28. The highest BCUT2D eigenvalue weighted by molar-refractivity contribution is 6.48. The van der Waals surface area contributed by atoms with Crippen LogP contribution in [-0.2, 0) is 9.31 Å². The van der Waals surface area contributed by atoms with Gasteiger partial charge in [0.2, 0.25) is 0 Å². The smallest absolute Gasteiger partial charge is 0.403 e. The fraction of sp³-hybridized carbons (Fsp3) is 0.733. The van der Waals surface area contributed by atoms with Gasteiger partial charge in [-0.05, 0) is 46.3 Å². The van der Waals surface area contributed by atoms with Crippen molar-refractivity contribution < 1.29 is 18.1 Å². The van der Waals surface area contributed by atoms with Crippen molar-refractivity contribution in [3.63, 3.8) is 0 Å². The van der Waals surface area contributed by atoms with Gasteiger partial charge < -0.3 is 15.0 Å². The van der Waals surface area contributed by atoms with Crippen LogP contribution in [0, 0.1) is 0 Å². The second-order valence-electron chi connectivity index (χ2n) is 6.82. The summed E-state index contributed by atoms with van der Waals surface area (Å²) in [6.45, 7) is 11.9. The predicted octanol–water partition coefficient (Wildman–Crippen LogP) is 3.91. The molecule has 0 radical (unpaired) electrons. The predicted molar refractivity (Wildman–Crippen MR) is 82.2 cm³/mol. The highest BCUT2D eigenvalue weighted by Crippen LogP contribution is 2.40. The van der Waals surface area contributed by atoms with E-state index in [1.807, 2.05) is 34.6 Å². The fourth-order valence-corrected chi connectivity index (χ4v) is 1.77. The molecule has 1 atom stereocenters. The molecule has 1 heterocycles. The SMILES string of the molecule is C/C(=C\C=C(\N)[C@H](C)B1OC(C)(C)C(C)(C)O1)C(C)(F)F. The van der Waals surface area contributed by atoms with Gasteiger partial charge in [-0.1, -0.05) is 13.0 Å². The molecule has 0 spiro atoms. The van der Waals surface area contributed by atoms with Crippen LogP contribution in [0.25, 0.3) is 0 Å². The summed E-state index contributed by atoms with van der Waals surface area (Å²) < 4.78 is 38.0. The van der Waals surface area contributed by atoms with Gasteiger partial charge in [-0.2, -0.15) is 0 Å². The highest BCUT2D eigenvalue weighted by atomic mass is 19.3. The van der Waals surface area contributed by atoms with Gasteiger partial charge in [-0.3, -0.25) is 0 Å². The molecule has 0 amide bonds. The maximum atomic E-state index is 13.1. The third kappa shape index (κ3) is 4.07. The van der Waals surface area contributed by atoms with Crippen molar-refractivity contribution in [1.29, 1.82) is 0 Å². The minimum Gasteiger partial charge on any atom is -0.403 e. The zero-order valence-corrected chi connectivity index (χ0v) is 14.0. The summed E-state index contributed by atoms with van der Waals surface area (Å²) in [4.78, 5) is 0. The summed E-state index contributed by atoms with van der Waals surface area (Å²) in [5.74, 6) is -3.06. The summed E-state index contributed by atoms with van der Waals surface area (Å²) >= 11 is 0. The van der Waals surface area contributed by atoms with Gasteiger partial charge in [0.15, 0.2) is 0 Å². The Balaban J connectivity index is 2.84. The maximum Gasteiger partial charge on any atom is 0.467 e. The molecule has 0 aromatic heterocycles. The Kier molecular flexibility index (Phi) is 4.96. The molecule has 3 nitrogen and oxygen atoms in total. The van der Waals surface area contributed by atoms with Crippen LogP contribution in [0.2, 0.25) is 5.82 Å². The monoisotopic (exact) mass is 301 g/mol. The van der Waals surface area contributed by atoms with Gasteiger partial charge in [-0.25, -0.2) is 8.78 Å². The van der Waals surface area contributed by atoms with Crippen LogP contribution >= 0.6 is 0 Å². The minimum absolute atomic E-state index is 0.0356. The van der Waals surface area contributed by atoms with Crippen LogP contribution < -0.4 is 5.73 Å². The largest absolute Gasteiger partial charge is 0.467 e. The second-order valence-corrected chi connectivity index (χ2v) is 6.82. The highest BCUT2D eigenvalue weighted by Gasteiger charge is 2.53. The molecule has 1 fully saturated rings. The molecule has 1 aliphatic heterocycles. The lowest BCUT2D eigenvalue weighted by molar-refractivity contribution is 0.00578. The molecule has 0 aliphatic carbocycles. The fourth-order valence-electron chi connectivity index (χ4n) is 1.77. The molecule has 0 unspecified atom stereocenters. The number of hydrogen-bond acceptors (Lipinski definition) is 3. The molecule has 1 rings (SSSR count). The van der Waals surface area contributed by atoms with Gasteiger partial charge in [-0.15, -0.1) is 0 Å². The van der Waals surface area contributed by atoms with E-state index in [-0.39, 0.29) is 11.4 Å². The Morgan fingerprint density at radius 3 is 1.95 bits per heavy atom. The number of rotatable bonds is 4. The number of nitrogens with two attached hydrogens (primary N) is 1. The van der Waals surface area contributed by atoms with Crippen molar-refractivity contribution in [2.75, 3.05) is 0 Å². The van der Waals surface area contributed by atoms with E-state index in [4.69, 9.17) is 15.0 Å². The van der Waals surface area contributed by atoms with Gasteiger partial charge in [0.05, 0.1) is 11.2 Å². The quantitative estimate of drug-likeness (QED) is 0.632. The van der Waals surface area contributed by atoms with E-state index in [1.165, 1.54) is 19.1 Å². The van der Waals surface area contributed by atoms with E-state index in [0.717, 1.165) is 6.92 Å². The maximum absolute atomic E-state index is 13.1. The third-order valence-corrected chi connectivity index (χ3v) is 4.42. The van der Waals surface area contributed by atoms with Crippen molar-refractivity contribution in [3.8, 4) is 0 Å². The lowest BCUT2D eigenvalue weighted by Gasteiger charge is -2.32. The summed E-state index contributed by atoms with van der Waals surface area (Å²) in [5, 5.41) is 0. The van der Waals surface area contributed by atoms with E-state index >= 15 is 0 Å². The first-order valence-electron chi connectivity index (χ1n) is 7.16. The summed E-state index contributed by atoms with van der Waals surface area (Å²) in [6.07, 6.45) is 2.85. The molecule has 21 heavy (non-hydrogen) atoms. The molecule has 1 saturated heterocycles. The molecule has 120 valence electrons. The van der Waals surface area contributed by atoms with Crippen molar-refractivity contribution in [3.05, 3.63) is 23.4 Å². The normalized spacial score (nSPS) is 24.3. The van der Waals surface area contributed by atoms with E-state index in [2.05, 4.69) is 0 Å². The molecular weight excluding hydrogens is 275 g/mol. The third-order valence-electron chi connectivity index (χ3n) is 4.42. The van der Waals surface area contributed by atoms with Crippen LogP contribution in [0.3, 0.4) is 0 Å². The summed E-state index contributed by atoms with van der Waals surface area (Å²) in [5.41, 5.74) is 5.53. The Morgan fingerprint density at radius 2 is 1.57 bits per heavy atom. The van der Waals surface area contributed by atoms with Gasteiger partial charge in [0, 0.05) is 18.4 Å². The summed E-state index contributed by atoms with van der Waals surface area (Å²) in [6, 6.07) is 0. The van der Waals surface area contributed by atoms with E-state index < -0.39 is 24.2 Å². The molecule has 1 aliphatic rings. The molecule has 6 heteroatoms. The zero-order chi connectivity index (χ0) is 16.6. The topological polar surface area (TPSA) is 44.5 Å². The first kappa shape index (κ1) is 18.2. The number of allylic oxidation sites excluding steroid dienone is 4. The van der Waals surface area contributed by atoms with Crippen molar-refractivity contribution in [2.45, 2.75) is 71.4 Å². The number of halogens is 2. The minimum atomic E-state index is -2.84. The van der Waals surface area contributed by atoms with E-state index in [1.54, 1.807) is 0 Å². The Labute approximate surface area is 126 Å². The molecule has 2 N–H and O–H groups in total. The lowest BCUT2D eigenvalue weighted by Crippen LogP contribution is -2.41. The Morgan fingerprint density at radius 1 is 1.14 bits per heavy atom. The van der Waals surface area contributed by atoms with Gasteiger partial charge in [0.25, 0.3) is 5.92 Å². The van der Waals surface area contributed by atoms with Gasteiger partial charge >= 0.3 is 7.12 Å². The van der Waals surface area contributed by atoms with E-state index in [0.29, 0.717) is 5.70 Å². The molecule has 0 saturated carbocycles. The average molecular weight is 301 g/mol. The molecule has 0 bridgehead atoms. The van der Waals surface area contributed by atoms with Crippen LogP contribution in [0.15, 0.2) is 23.4 Å². The van der Waals surface area contributed by atoms with Crippen LogP contribution in [0.5, 0.6) is 0 Å². The van der Waals surface area contributed by atoms with Crippen molar-refractivity contribution in [2.24, 2.45) is 5.73 Å². The van der Waals surface area contributed by atoms with Crippen molar-refractivity contribution >= 4 is 7.12 Å². The zero-order valence-electron chi connectivity index (χ0n) is 14.0. The Bertz CT molecular complexity index is 437. The molecule has 0 aromatic carbocycles. The average Bonchev–Trinajstić information content (AvgIpc) is 2.52. The van der Waals surface area contributed by atoms with Crippen molar-refractivity contribution in [1.82, 2.24) is 0 Å². The second kappa shape index (κ2) is 5.73. The molecule has 0 aromatic rings. The van der Waals surface area contributed by atoms with Gasteiger partial charge in [0.1, 0.15) is 0 Å². The first-order valence-corrected chi connectivity index (χ1v) is 7.16. The Hall–Kier alpha value is -0.875. The standard InChI is InChI=1S/C15H26BF2NO2/c1-10(15(7,17)18)8-9-12(19)11(2)16-20-13(3,4)14(5,6)21-16/h8-9,11H,19H2,1-7H3/b10-8+,12-9+/t11-/m0/s1.